The molecule has 0 radical (unpaired) electrons. The summed E-state index contributed by atoms with van der Waals surface area (Å²) in [6.45, 7) is 0.795. The lowest BCUT2D eigenvalue weighted by atomic mass is 10.1. The molecule has 1 fully saturated rings. The number of imidazole rings is 1. The lowest BCUT2D eigenvalue weighted by molar-refractivity contribution is -0.0499. The molecular weight excluding hydrogens is 428 g/mol. The molecule has 1 aliphatic heterocycles. The Morgan fingerprint density at radius 3 is 2.76 bits per heavy atom. The van der Waals surface area contributed by atoms with E-state index in [2.05, 4.69) is 15.6 Å². The highest BCUT2D eigenvalue weighted by atomic mass is 16.6. The van der Waals surface area contributed by atoms with Gasteiger partial charge in [0, 0.05) is 6.54 Å². The Labute approximate surface area is 190 Å². The first-order valence-corrected chi connectivity index (χ1v) is 10.6. The number of aliphatic hydroxyl groups excluding tert-OH is 3. The summed E-state index contributed by atoms with van der Waals surface area (Å²) in [4.78, 5) is 4.63. The molecule has 33 heavy (non-hydrogen) atoms. The van der Waals surface area contributed by atoms with Crippen molar-refractivity contribution in [2.24, 2.45) is 5.73 Å². The summed E-state index contributed by atoms with van der Waals surface area (Å²) in [6, 6.07) is 15.0. The molecule has 1 aliphatic rings. The molecule has 0 aliphatic carbocycles. The molecule has 0 amide bonds. The zero-order valence-electron chi connectivity index (χ0n) is 17.9. The van der Waals surface area contributed by atoms with Crippen LogP contribution in [0.4, 0.5) is 5.95 Å². The van der Waals surface area contributed by atoms with Crippen LogP contribution in [-0.2, 0) is 11.3 Å². The van der Waals surface area contributed by atoms with Gasteiger partial charge in [-0.3, -0.25) is 9.98 Å². The second-order valence-corrected chi connectivity index (χ2v) is 7.71. The van der Waals surface area contributed by atoms with Crippen LogP contribution in [0.2, 0.25) is 0 Å². The average Bonchev–Trinajstić information content (AvgIpc) is 3.32. The van der Waals surface area contributed by atoms with Crippen molar-refractivity contribution in [2.75, 3.05) is 25.1 Å². The maximum atomic E-state index is 10.6. The first kappa shape index (κ1) is 22.8. The van der Waals surface area contributed by atoms with Crippen molar-refractivity contribution in [1.82, 2.24) is 14.9 Å². The van der Waals surface area contributed by atoms with E-state index in [0.717, 1.165) is 11.1 Å². The topological polar surface area (TPSA) is 171 Å². The molecule has 11 heteroatoms. The van der Waals surface area contributed by atoms with Gasteiger partial charge in [0.05, 0.1) is 24.2 Å². The van der Waals surface area contributed by atoms with Crippen LogP contribution in [0.3, 0.4) is 0 Å². The lowest BCUT2D eigenvalue weighted by Crippen LogP contribution is -2.33. The summed E-state index contributed by atoms with van der Waals surface area (Å²) in [7, 11) is 0. The van der Waals surface area contributed by atoms with Crippen molar-refractivity contribution in [2.45, 2.75) is 31.1 Å². The molecule has 4 atom stereocenters. The fraction of sp³-hybridized carbons (Fsp3) is 0.364. The van der Waals surface area contributed by atoms with E-state index in [1.807, 2.05) is 48.5 Å². The van der Waals surface area contributed by atoms with Gasteiger partial charge in [0.1, 0.15) is 30.7 Å². The van der Waals surface area contributed by atoms with Crippen molar-refractivity contribution in [3.63, 3.8) is 0 Å². The minimum atomic E-state index is -1.22. The van der Waals surface area contributed by atoms with Crippen LogP contribution < -0.4 is 21.1 Å². The van der Waals surface area contributed by atoms with Crippen molar-refractivity contribution in [3.8, 4) is 5.75 Å². The van der Waals surface area contributed by atoms with Crippen molar-refractivity contribution in [3.05, 3.63) is 54.1 Å². The number of para-hydroxylation sites is 2. The number of aromatic nitrogens is 2. The summed E-state index contributed by atoms with van der Waals surface area (Å²) in [6.07, 6.45) is -4.22. The van der Waals surface area contributed by atoms with E-state index in [1.54, 1.807) is 4.57 Å². The second-order valence-electron chi connectivity index (χ2n) is 7.71. The number of nitrogens with zero attached hydrogens (tertiary/aromatic N) is 2. The number of hydrogen-bond acceptors (Lipinski definition) is 8. The van der Waals surface area contributed by atoms with Gasteiger partial charge in [-0.25, -0.2) is 4.98 Å². The Morgan fingerprint density at radius 1 is 1.18 bits per heavy atom. The summed E-state index contributed by atoms with van der Waals surface area (Å²) in [5.74, 6) is 1.04. The average molecular weight is 457 g/mol. The van der Waals surface area contributed by atoms with Gasteiger partial charge in [0.15, 0.2) is 12.2 Å². The first-order valence-electron chi connectivity index (χ1n) is 10.6. The van der Waals surface area contributed by atoms with Crippen molar-refractivity contribution < 1.29 is 24.8 Å². The molecule has 4 rings (SSSR count). The van der Waals surface area contributed by atoms with Crippen LogP contribution in [-0.4, -0.2) is 68.9 Å². The molecule has 2 heterocycles. The zero-order chi connectivity index (χ0) is 23.4. The van der Waals surface area contributed by atoms with Gasteiger partial charge < -0.3 is 41.2 Å². The molecule has 8 N–H and O–H groups in total. The first-order chi connectivity index (χ1) is 16.0. The van der Waals surface area contributed by atoms with Gasteiger partial charge in [-0.2, -0.15) is 0 Å². The van der Waals surface area contributed by atoms with Gasteiger partial charge in [-0.15, -0.1) is 0 Å². The molecule has 0 spiro atoms. The van der Waals surface area contributed by atoms with E-state index >= 15 is 0 Å². The van der Waals surface area contributed by atoms with Gasteiger partial charge in [0.25, 0.3) is 0 Å². The Morgan fingerprint density at radius 2 is 2.00 bits per heavy atom. The largest absolute Gasteiger partial charge is 0.492 e. The van der Waals surface area contributed by atoms with Crippen LogP contribution in [0.5, 0.6) is 5.75 Å². The van der Waals surface area contributed by atoms with Crippen molar-refractivity contribution >= 4 is 22.9 Å². The molecule has 1 aromatic heterocycles. The zero-order valence-corrected chi connectivity index (χ0v) is 17.9. The monoisotopic (exact) mass is 456 g/mol. The smallest absolute Gasteiger partial charge is 0.206 e. The number of guanidine groups is 1. The molecule has 176 valence electrons. The number of anilines is 1. The van der Waals surface area contributed by atoms with Gasteiger partial charge >= 0.3 is 0 Å². The van der Waals surface area contributed by atoms with E-state index in [-0.39, 0.29) is 5.96 Å². The summed E-state index contributed by atoms with van der Waals surface area (Å²) >= 11 is 0. The van der Waals surface area contributed by atoms with Crippen LogP contribution in [0, 0.1) is 5.41 Å². The van der Waals surface area contributed by atoms with Crippen molar-refractivity contribution in [1.29, 1.82) is 5.41 Å². The van der Waals surface area contributed by atoms with Gasteiger partial charge in [0.2, 0.25) is 5.95 Å². The van der Waals surface area contributed by atoms with E-state index in [4.69, 9.17) is 20.6 Å². The predicted molar refractivity (Wildman–Crippen MR) is 122 cm³/mol. The van der Waals surface area contributed by atoms with Gasteiger partial charge in [-0.05, 0) is 29.8 Å². The van der Waals surface area contributed by atoms with Crippen LogP contribution in [0.1, 0.15) is 11.8 Å². The van der Waals surface area contributed by atoms with E-state index in [9.17, 15) is 15.3 Å². The number of nitrogens with one attached hydrogen (secondary N) is 3. The summed E-state index contributed by atoms with van der Waals surface area (Å²) < 4.78 is 13.1. The number of rotatable bonds is 9. The molecule has 3 aromatic rings. The summed E-state index contributed by atoms with van der Waals surface area (Å²) in [5.41, 5.74) is 7.62. The number of fused-ring (bicyclic) bond motifs is 1. The fourth-order valence-corrected chi connectivity index (χ4v) is 3.80. The normalized spacial score (nSPS) is 22.4. The predicted octanol–water partition coefficient (Wildman–Crippen LogP) is 0.122. The third-order valence-corrected chi connectivity index (χ3v) is 5.40. The third kappa shape index (κ3) is 5.01. The standard InChI is InChI=1S/C22H28N6O5/c23-21(24)25-8-9-32-14-5-3-4-13(10-14)11-26-22-27-15-6-1-2-7-16(15)28(22)20-19(31)18(30)17(12-29)33-20/h1-7,10,17-20,29-31H,8-9,11-12H2,(H,26,27)(H4,23,24,25)/t17-,18-,19-,20-/m1/s1. The van der Waals surface area contributed by atoms with Gasteiger partial charge in [-0.1, -0.05) is 24.3 Å². The molecule has 1 saturated heterocycles. The maximum Gasteiger partial charge on any atom is 0.206 e. The van der Waals surface area contributed by atoms with Crippen LogP contribution in [0.25, 0.3) is 11.0 Å². The highest BCUT2D eigenvalue weighted by Crippen LogP contribution is 2.35. The quantitative estimate of drug-likeness (QED) is 0.134. The van der Waals surface area contributed by atoms with E-state index < -0.39 is 31.1 Å². The van der Waals surface area contributed by atoms with Crippen LogP contribution in [0.15, 0.2) is 48.5 Å². The van der Waals surface area contributed by atoms with E-state index in [0.29, 0.717) is 36.9 Å². The number of nitrogens with two attached hydrogens (primary N) is 1. The molecule has 2 aromatic carbocycles. The molecule has 0 unspecified atom stereocenters. The number of aliphatic hydroxyl groups is 3. The second kappa shape index (κ2) is 10.0. The number of benzene rings is 2. The highest BCUT2D eigenvalue weighted by molar-refractivity contribution is 5.79. The fourth-order valence-electron chi connectivity index (χ4n) is 3.80. The Bertz CT molecular complexity index is 1110. The minimum absolute atomic E-state index is 0.103. The maximum absolute atomic E-state index is 10.6. The van der Waals surface area contributed by atoms with E-state index in [1.165, 1.54) is 0 Å². The SMILES string of the molecule is N=C(N)NCCOc1cccc(CNc2nc3ccccc3n2[C@@H]2O[C@H](CO)[C@@H](O)[C@H]2O)c1. The lowest BCUT2D eigenvalue weighted by Gasteiger charge is -2.20. The Hall–Kier alpha value is -3.38. The van der Waals surface area contributed by atoms with Crippen LogP contribution >= 0.6 is 0 Å². The third-order valence-electron chi connectivity index (χ3n) is 5.40. The summed E-state index contributed by atoms with van der Waals surface area (Å²) in [5, 5.41) is 43.4. The Kier molecular flexibility index (Phi) is 6.94. The molecular formula is C22H28N6O5. The minimum Gasteiger partial charge on any atom is -0.492 e. The molecule has 11 nitrogen and oxygen atoms in total. The number of hydrogen-bond donors (Lipinski definition) is 7. The Balaban J connectivity index is 1.51. The highest BCUT2D eigenvalue weighted by Gasteiger charge is 2.44. The number of ether oxygens (including phenoxy) is 2. The molecule has 0 bridgehead atoms. The molecule has 0 saturated carbocycles.